The molecule has 0 heterocycles. The Morgan fingerprint density at radius 3 is 3.06 bits per heavy atom. The molecule has 0 N–H and O–H groups in total. The van der Waals surface area contributed by atoms with E-state index in [0.29, 0.717) is 0 Å². The highest BCUT2D eigenvalue weighted by Crippen LogP contribution is 2.50. The zero-order chi connectivity index (χ0) is 11.4. The Labute approximate surface area is 98.9 Å². The van der Waals surface area contributed by atoms with Crippen molar-refractivity contribution in [1.29, 1.82) is 0 Å². The molecule has 0 spiro atoms. The molecule has 0 amide bonds. The van der Waals surface area contributed by atoms with Crippen molar-refractivity contribution >= 4 is 0 Å². The maximum absolute atomic E-state index is 5.67. The van der Waals surface area contributed by atoms with Gasteiger partial charge >= 0.3 is 0 Å². The predicted molar refractivity (Wildman–Crippen MR) is 68.0 cm³/mol. The lowest BCUT2D eigenvalue weighted by molar-refractivity contribution is 0.104. The summed E-state index contributed by atoms with van der Waals surface area (Å²) in [6.45, 7) is 2.25. The first-order chi connectivity index (χ1) is 7.80. The van der Waals surface area contributed by atoms with E-state index in [1.165, 1.54) is 31.3 Å². The van der Waals surface area contributed by atoms with Crippen LogP contribution in [0.3, 0.4) is 0 Å². The molecule has 2 aliphatic carbocycles. The Hall–Kier alpha value is -0.820. The molecule has 2 atom stereocenters. The first-order valence-corrected chi connectivity index (χ1v) is 6.27. The van der Waals surface area contributed by atoms with Crippen molar-refractivity contribution in [2.24, 2.45) is 5.92 Å². The molecule has 0 aromatic carbocycles. The molecule has 2 aliphatic rings. The van der Waals surface area contributed by atoms with Crippen LogP contribution in [0.15, 0.2) is 36.0 Å². The Morgan fingerprint density at radius 2 is 2.44 bits per heavy atom. The maximum atomic E-state index is 5.67. The van der Waals surface area contributed by atoms with Gasteiger partial charge in [0.1, 0.15) is 0 Å². The summed E-state index contributed by atoms with van der Waals surface area (Å²) in [6.07, 6.45) is 17.9. The standard InChI is InChI=1S/C15H21O/c1-3-4-9-14-12-15(14,16-2)11-10-13-7-5-6-8-13/h5-8,10-11,14H,3-4,9,12H2,1-2H3/b11-10+/t14-,15+/m1/s1. The maximum Gasteiger partial charge on any atom is 0.0894 e. The van der Waals surface area contributed by atoms with Crippen molar-refractivity contribution in [3.8, 4) is 0 Å². The van der Waals surface area contributed by atoms with Crippen LogP contribution in [0.2, 0.25) is 0 Å². The second-order valence-electron chi connectivity index (χ2n) is 4.75. The van der Waals surface area contributed by atoms with Crippen molar-refractivity contribution in [3.63, 3.8) is 0 Å². The number of methoxy groups -OCH3 is 1. The van der Waals surface area contributed by atoms with E-state index < -0.39 is 0 Å². The van der Waals surface area contributed by atoms with Crippen molar-refractivity contribution in [3.05, 3.63) is 42.4 Å². The van der Waals surface area contributed by atoms with E-state index in [9.17, 15) is 0 Å². The third-order valence-electron chi connectivity index (χ3n) is 3.63. The lowest BCUT2D eigenvalue weighted by Crippen LogP contribution is -2.11. The molecule has 0 bridgehead atoms. The first-order valence-electron chi connectivity index (χ1n) is 6.27. The van der Waals surface area contributed by atoms with Crippen LogP contribution in [0.1, 0.15) is 32.6 Å². The van der Waals surface area contributed by atoms with Gasteiger partial charge in [-0.3, -0.25) is 0 Å². The van der Waals surface area contributed by atoms with Crippen LogP contribution >= 0.6 is 0 Å². The fraction of sp³-hybridized carbons (Fsp3) is 0.533. The monoisotopic (exact) mass is 217 g/mol. The summed E-state index contributed by atoms with van der Waals surface area (Å²) in [5.41, 5.74) is 1.32. The Balaban J connectivity index is 1.89. The summed E-state index contributed by atoms with van der Waals surface area (Å²) in [4.78, 5) is 0. The summed E-state index contributed by atoms with van der Waals surface area (Å²) >= 11 is 0. The van der Waals surface area contributed by atoms with Crippen LogP contribution in [0, 0.1) is 12.3 Å². The molecule has 1 heteroatoms. The van der Waals surface area contributed by atoms with Gasteiger partial charge in [0, 0.05) is 13.5 Å². The molecule has 0 aromatic heterocycles. The number of hydrogen-bond donors (Lipinski definition) is 0. The van der Waals surface area contributed by atoms with Gasteiger partial charge in [0.05, 0.1) is 5.60 Å². The second-order valence-corrected chi connectivity index (χ2v) is 4.75. The number of rotatable bonds is 6. The van der Waals surface area contributed by atoms with E-state index in [2.05, 4.69) is 43.7 Å². The zero-order valence-corrected chi connectivity index (χ0v) is 10.3. The lowest BCUT2D eigenvalue weighted by Gasteiger charge is -2.10. The highest BCUT2D eigenvalue weighted by atomic mass is 16.5. The van der Waals surface area contributed by atoms with Crippen molar-refractivity contribution < 1.29 is 4.74 Å². The normalized spacial score (nSPS) is 32.4. The van der Waals surface area contributed by atoms with Gasteiger partial charge < -0.3 is 4.74 Å². The number of allylic oxidation sites excluding steroid dienone is 5. The molecule has 1 fully saturated rings. The summed E-state index contributed by atoms with van der Waals surface area (Å²) < 4.78 is 5.67. The zero-order valence-electron chi connectivity index (χ0n) is 10.3. The minimum atomic E-state index is 0.0481. The molecule has 0 aliphatic heterocycles. The van der Waals surface area contributed by atoms with E-state index in [4.69, 9.17) is 4.74 Å². The van der Waals surface area contributed by atoms with Gasteiger partial charge in [-0.05, 0) is 24.3 Å². The fourth-order valence-corrected chi connectivity index (χ4v) is 2.38. The highest BCUT2D eigenvalue weighted by Gasteiger charge is 2.51. The van der Waals surface area contributed by atoms with Gasteiger partial charge in [-0.25, -0.2) is 0 Å². The van der Waals surface area contributed by atoms with Crippen LogP contribution in [-0.4, -0.2) is 12.7 Å². The van der Waals surface area contributed by atoms with Gasteiger partial charge in [0.2, 0.25) is 0 Å². The molecule has 16 heavy (non-hydrogen) atoms. The van der Waals surface area contributed by atoms with Gasteiger partial charge in [-0.1, -0.05) is 50.1 Å². The van der Waals surface area contributed by atoms with Crippen LogP contribution < -0.4 is 0 Å². The molecule has 2 rings (SSSR count). The van der Waals surface area contributed by atoms with Gasteiger partial charge in [-0.15, -0.1) is 0 Å². The van der Waals surface area contributed by atoms with Gasteiger partial charge in [-0.2, -0.15) is 0 Å². The molecule has 87 valence electrons. The molecular weight excluding hydrogens is 196 g/mol. The van der Waals surface area contributed by atoms with E-state index >= 15 is 0 Å². The third kappa shape index (κ3) is 2.46. The number of ether oxygens (including phenoxy) is 1. The average molecular weight is 217 g/mol. The molecule has 0 aromatic rings. The highest BCUT2D eigenvalue weighted by molar-refractivity contribution is 5.42. The van der Waals surface area contributed by atoms with E-state index in [1.807, 2.05) is 7.11 Å². The summed E-state index contributed by atoms with van der Waals surface area (Å²) in [5, 5.41) is 0. The van der Waals surface area contributed by atoms with Gasteiger partial charge in [0.15, 0.2) is 0 Å². The minimum Gasteiger partial charge on any atom is -0.374 e. The van der Waals surface area contributed by atoms with Crippen molar-refractivity contribution in [1.82, 2.24) is 0 Å². The summed E-state index contributed by atoms with van der Waals surface area (Å²) in [7, 11) is 1.83. The smallest absolute Gasteiger partial charge is 0.0894 e. The first kappa shape index (κ1) is 11.7. The van der Waals surface area contributed by atoms with Crippen LogP contribution in [0.5, 0.6) is 0 Å². The van der Waals surface area contributed by atoms with E-state index in [0.717, 1.165) is 5.92 Å². The summed E-state index contributed by atoms with van der Waals surface area (Å²) in [5.74, 6) is 0.740. The Morgan fingerprint density at radius 1 is 1.56 bits per heavy atom. The van der Waals surface area contributed by atoms with E-state index in [1.54, 1.807) is 0 Å². The fourth-order valence-electron chi connectivity index (χ4n) is 2.38. The van der Waals surface area contributed by atoms with Crippen LogP contribution in [0.4, 0.5) is 0 Å². The van der Waals surface area contributed by atoms with Crippen LogP contribution in [-0.2, 0) is 4.74 Å². The third-order valence-corrected chi connectivity index (χ3v) is 3.63. The van der Waals surface area contributed by atoms with Crippen molar-refractivity contribution in [2.75, 3.05) is 7.11 Å². The Kier molecular flexibility index (Phi) is 3.65. The molecular formula is C15H21O. The lowest BCUT2D eigenvalue weighted by atomic mass is 10.1. The second kappa shape index (κ2) is 5.01. The minimum absolute atomic E-state index is 0.0481. The SMILES string of the molecule is CCCC[C@@H]1C[C@]1(/C=C/C1=C[CH]C=C1)OC. The average Bonchev–Trinajstić information content (AvgIpc) is 2.74. The Bertz CT molecular complexity index is 324. The largest absolute Gasteiger partial charge is 0.374 e. The quantitative estimate of drug-likeness (QED) is 0.657. The van der Waals surface area contributed by atoms with Crippen LogP contribution in [0.25, 0.3) is 0 Å². The molecule has 0 saturated heterocycles. The molecule has 1 nitrogen and oxygen atoms in total. The molecule has 0 unspecified atom stereocenters. The molecule has 1 saturated carbocycles. The van der Waals surface area contributed by atoms with Crippen molar-refractivity contribution in [2.45, 2.75) is 38.2 Å². The van der Waals surface area contributed by atoms with Gasteiger partial charge in [0.25, 0.3) is 0 Å². The number of unbranched alkanes of at least 4 members (excludes halogenated alkanes) is 1. The predicted octanol–water partition coefficient (Wildman–Crippen LogP) is 3.84. The van der Waals surface area contributed by atoms with E-state index in [-0.39, 0.29) is 5.60 Å². The molecule has 1 radical (unpaired) electrons. The number of hydrogen-bond acceptors (Lipinski definition) is 1. The topological polar surface area (TPSA) is 9.23 Å². The summed E-state index contributed by atoms with van der Waals surface area (Å²) in [6, 6.07) is 0.